The van der Waals surface area contributed by atoms with E-state index in [0.717, 1.165) is 6.42 Å². The van der Waals surface area contributed by atoms with Crippen LogP contribution in [-0.4, -0.2) is 5.88 Å². The third-order valence-corrected chi connectivity index (χ3v) is 1.62. The molecule has 1 nitrogen and oxygen atoms in total. The van der Waals surface area contributed by atoms with Gasteiger partial charge in [-0.15, -0.1) is 11.6 Å². The molecule has 0 aliphatic rings. The van der Waals surface area contributed by atoms with Crippen molar-refractivity contribution in [3.63, 3.8) is 0 Å². The second-order valence-electron chi connectivity index (χ2n) is 2.31. The summed E-state index contributed by atoms with van der Waals surface area (Å²) >= 11 is 5.57. The summed E-state index contributed by atoms with van der Waals surface area (Å²) in [5.41, 5.74) is 1.30. The number of aryl methyl sites for hydroxylation is 2. The van der Waals surface area contributed by atoms with Gasteiger partial charge in [-0.25, -0.2) is 4.57 Å². The van der Waals surface area contributed by atoms with Crippen LogP contribution in [0.25, 0.3) is 0 Å². The number of alkyl halides is 1. The molecule has 1 aromatic heterocycles. The lowest BCUT2D eigenvalue weighted by Gasteiger charge is -1.92. The molecule has 10 heavy (non-hydrogen) atoms. The topological polar surface area (TPSA) is 3.88 Å². The molecule has 0 amide bonds. The van der Waals surface area contributed by atoms with Gasteiger partial charge in [-0.3, -0.25) is 0 Å². The number of nitrogens with zero attached hydrogens (tertiary/aromatic N) is 1. The van der Waals surface area contributed by atoms with Gasteiger partial charge in [0.05, 0.1) is 0 Å². The SMILES string of the molecule is C[n+]1ccc(CCCl)cc1. The highest BCUT2D eigenvalue weighted by atomic mass is 35.5. The van der Waals surface area contributed by atoms with E-state index >= 15 is 0 Å². The highest BCUT2D eigenvalue weighted by molar-refractivity contribution is 6.17. The predicted octanol–water partition coefficient (Wildman–Crippen LogP) is 1.29. The quantitative estimate of drug-likeness (QED) is 0.449. The van der Waals surface area contributed by atoms with Gasteiger partial charge in [0.25, 0.3) is 0 Å². The predicted molar refractivity (Wildman–Crippen MR) is 42.0 cm³/mol. The molecule has 0 fully saturated rings. The first kappa shape index (κ1) is 7.55. The Kier molecular flexibility index (Phi) is 2.69. The van der Waals surface area contributed by atoms with Crippen LogP contribution in [-0.2, 0) is 13.5 Å². The Bertz CT molecular complexity index is 193. The van der Waals surface area contributed by atoms with Crippen molar-refractivity contribution in [3.8, 4) is 0 Å². The number of hydrogen-bond acceptors (Lipinski definition) is 0. The molecule has 0 aliphatic carbocycles. The van der Waals surface area contributed by atoms with Crippen LogP contribution >= 0.6 is 11.6 Å². The monoisotopic (exact) mass is 156 g/mol. The number of hydrogen-bond donors (Lipinski definition) is 0. The first-order chi connectivity index (χ1) is 4.83. The van der Waals surface area contributed by atoms with Gasteiger partial charge in [-0.1, -0.05) is 0 Å². The first-order valence-corrected chi connectivity index (χ1v) is 3.86. The fourth-order valence-corrected chi connectivity index (χ4v) is 1.03. The van der Waals surface area contributed by atoms with Crippen molar-refractivity contribution < 1.29 is 4.57 Å². The van der Waals surface area contributed by atoms with Gasteiger partial charge in [0.2, 0.25) is 0 Å². The van der Waals surface area contributed by atoms with Crippen LogP contribution in [0.3, 0.4) is 0 Å². The molecule has 0 aliphatic heterocycles. The van der Waals surface area contributed by atoms with Crippen molar-refractivity contribution in [2.24, 2.45) is 7.05 Å². The lowest BCUT2D eigenvalue weighted by Crippen LogP contribution is -2.25. The Morgan fingerprint density at radius 3 is 2.50 bits per heavy atom. The highest BCUT2D eigenvalue weighted by Gasteiger charge is 1.93. The molecule has 0 bridgehead atoms. The van der Waals surface area contributed by atoms with Crippen molar-refractivity contribution in [1.82, 2.24) is 0 Å². The van der Waals surface area contributed by atoms with Crippen molar-refractivity contribution in [2.45, 2.75) is 6.42 Å². The largest absolute Gasteiger partial charge is 0.208 e. The Balaban J connectivity index is 2.69. The molecule has 1 aromatic rings. The van der Waals surface area contributed by atoms with Crippen LogP contribution in [0.1, 0.15) is 5.56 Å². The Hall–Kier alpha value is -0.560. The van der Waals surface area contributed by atoms with E-state index < -0.39 is 0 Å². The Morgan fingerprint density at radius 2 is 2.00 bits per heavy atom. The van der Waals surface area contributed by atoms with Crippen molar-refractivity contribution in [3.05, 3.63) is 30.1 Å². The fourth-order valence-electron chi connectivity index (χ4n) is 0.808. The van der Waals surface area contributed by atoms with Crippen molar-refractivity contribution in [2.75, 3.05) is 5.88 Å². The molecule has 0 saturated carbocycles. The second kappa shape index (κ2) is 3.57. The molecule has 0 unspecified atom stereocenters. The van der Waals surface area contributed by atoms with Crippen LogP contribution in [0, 0.1) is 0 Å². The van der Waals surface area contributed by atoms with Crippen LogP contribution in [0.5, 0.6) is 0 Å². The third-order valence-electron chi connectivity index (χ3n) is 1.43. The smallest absolute Gasteiger partial charge is 0.168 e. The molecule has 0 atom stereocenters. The molecule has 0 spiro atoms. The summed E-state index contributed by atoms with van der Waals surface area (Å²) < 4.78 is 2.01. The zero-order chi connectivity index (χ0) is 7.40. The molecule has 0 saturated heterocycles. The molecule has 2 heteroatoms. The average molecular weight is 157 g/mol. The maximum absolute atomic E-state index is 5.57. The molecule has 0 N–H and O–H groups in total. The molecule has 1 heterocycles. The zero-order valence-corrected chi connectivity index (χ0v) is 6.80. The standard InChI is InChI=1S/C8H11ClN/c1-10-6-3-8(2-5-9)4-7-10/h3-4,6-7H,2,5H2,1H3/q+1. The van der Waals surface area contributed by atoms with Gasteiger partial charge in [0.1, 0.15) is 7.05 Å². The minimum absolute atomic E-state index is 0.702. The van der Waals surface area contributed by atoms with Gasteiger partial charge in [-0.2, -0.15) is 0 Å². The van der Waals surface area contributed by atoms with E-state index in [1.165, 1.54) is 5.56 Å². The Labute approximate surface area is 66.3 Å². The summed E-state index contributed by atoms with van der Waals surface area (Å²) in [5.74, 6) is 0.702. The lowest BCUT2D eigenvalue weighted by atomic mass is 10.2. The summed E-state index contributed by atoms with van der Waals surface area (Å²) in [4.78, 5) is 0. The van der Waals surface area contributed by atoms with E-state index in [0.29, 0.717) is 5.88 Å². The van der Waals surface area contributed by atoms with E-state index in [9.17, 15) is 0 Å². The number of rotatable bonds is 2. The molecule has 1 rings (SSSR count). The number of aromatic nitrogens is 1. The van der Waals surface area contributed by atoms with Crippen molar-refractivity contribution >= 4 is 11.6 Å². The second-order valence-corrected chi connectivity index (χ2v) is 2.69. The van der Waals surface area contributed by atoms with E-state index in [1.807, 2.05) is 24.0 Å². The van der Waals surface area contributed by atoms with Gasteiger partial charge < -0.3 is 0 Å². The lowest BCUT2D eigenvalue weighted by molar-refractivity contribution is -0.671. The van der Waals surface area contributed by atoms with E-state index in [4.69, 9.17) is 11.6 Å². The van der Waals surface area contributed by atoms with Gasteiger partial charge in [-0.05, 0) is 12.0 Å². The van der Waals surface area contributed by atoms with Crippen LogP contribution in [0.2, 0.25) is 0 Å². The minimum atomic E-state index is 0.702. The molecular weight excluding hydrogens is 146 g/mol. The van der Waals surface area contributed by atoms with Crippen molar-refractivity contribution in [1.29, 1.82) is 0 Å². The summed E-state index contributed by atoms with van der Waals surface area (Å²) in [6, 6.07) is 4.17. The van der Waals surface area contributed by atoms with Crippen LogP contribution in [0.4, 0.5) is 0 Å². The van der Waals surface area contributed by atoms with E-state index in [-0.39, 0.29) is 0 Å². The summed E-state index contributed by atoms with van der Waals surface area (Å²) in [5, 5.41) is 0. The maximum Gasteiger partial charge on any atom is 0.168 e. The van der Waals surface area contributed by atoms with Crippen LogP contribution in [0.15, 0.2) is 24.5 Å². The minimum Gasteiger partial charge on any atom is -0.208 e. The van der Waals surface area contributed by atoms with E-state index in [1.54, 1.807) is 0 Å². The Morgan fingerprint density at radius 1 is 1.40 bits per heavy atom. The van der Waals surface area contributed by atoms with Gasteiger partial charge >= 0.3 is 0 Å². The summed E-state index contributed by atoms with van der Waals surface area (Å²) in [6.45, 7) is 0. The molecular formula is C8H11ClN+. The molecule has 0 radical (unpaired) electrons. The fraction of sp³-hybridized carbons (Fsp3) is 0.375. The van der Waals surface area contributed by atoms with Gasteiger partial charge in [0.15, 0.2) is 12.4 Å². The summed E-state index contributed by atoms with van der Waals surface area (Å²) in [6.07, 6.45) is 5.02. The van der Waals surface area contributed by atoms with Gasteiger partial charge in [0, 0.05) is 18.0 Å². The summed E-state index contributed by atoms with van der Waals surface area (Å²) in [7, 11) is 2.00. The number of pyridine rings is 1. The normalized spacial score (nSPS) is 9.80. The highest BCUT2D eigenvalue weighted by Crippen LogP contribution is 1.96. The molecule has 0 aromatic carbocycles. The third kappa shape index (κ3) is 1.99. The van der Waals surface area contributed by atoms with E-state index in [2.05, 4.69) is 12.1 Å². The number of halogens is 1. The first-order valence-electron chi connectivity index (χ1n) is 3.33. The zero-order valence-electron chi connectivity index (χ0n) is 6.05. The maximum atomic E-state index is 5.57. The molecule has 54 valence electrons. The average Bonchev–Trinajstić information content (AvgIpc) is 1.95. The van der Waals surface area contributed by atoms with Crippen LogP contribution < -0.4 is 4.57 Å².